The number of carbonyl (C=O) groups excluding carboxylic acids is 3. The van der Waals surface area contributed by atoms with Crippen molar-refractivity contribution in [2.24, 2.45) is 5.41 Å². The summed E-state index contributed by atoms with van der Waals surface area (Å²) in [4.78, 5) is 63.7. The molecule has 3 aliphatic heterocycles. The van der Waals surface area contributed by atoms with Gasteiger partial charge in [-0.1, -0.05) is 69.0 Å². The Morgan fingerprint density at radius 1 is 1.00 bits per heavy atom. The number of rotatable bonds is 14. The van der Waals surface area contributed by atoms with Gasteiger partial charge in [0, 0.05) is 69.1 Å². The molecule has 0 aliphatic carbocycles. The Hall–Kier alpha value is -6.68. The molecule has 2 bridgehead atoms. The zero-order valence-corrected chi connectivity index (χ0v) is 40.0. The van der Waals surface area contributed by atoms with Crippen LogP contribution in [0, 0.1) is 24.2 Å². The lowest BCUT2D eigenvalue weighted by molar-refractivity contribution is -0.144. The summed E-state index contributed by atoms with van der Waals surface area (Å²) in [6.45, 7) is 10.4. The highest BCUT2D eigenvalue weighted by molar-refractivity contribution is 7.13. The largest absolute Gasteiger partial charge is 0.507 e. The first kappa shape index (κ1) is 47.8. The van der Waals surface area contributed by atoms with Gasteiger partial charge >= 0.3 is 0 Å². The Kier molecular flexibility index (Phi) is 14.5. The van der Waals surface area contributed by atoms with Crippen molar-refractivity contribution in [2.75, 3.05) is 55.3 Å². The zero-order chi connectivity index (χ0) is 48.1. The van der Waals surface area contributed by atoms with E-state index in [0.717, 1.165) is 53.3 Å². The Labute approximate surface area is 401 Å². The van der Waals surface area contributed by atoms with E-state index in [1.54, 1.807) is 35.9 Å². The number of hydrogen-bond acceptors (Lipinski definition) is 15. The lowest BCUT2D eigenvalue weighted by Gasteiger charge is -2.42. The summed E-state index contributed by atoms with van der Waals surface area (Å²) >= 11 is 1.58. The first-order valence-corrected chi connectivity index (χ1v) is 24.0. The Morgan fingerprint density at radius 3 is 2.40 bits per heavy atom. The van der Waals surface area contributed by atoms with Crippen molar-refractivity contribution < 1.29 is 24.6 Å². The number of phenols is 1. The summed E-state index contributed by atoms with van der Waals surface area (Å²) in [5, 5.41) is 35.4. The molecule has 0 radical (unpaired) electrons. The molecule has 8 rings (SSSR count). The van der Waals surface area contributed by atoms with Crippen LogP contribution < -0.4 is 26.2 Å². The number of anilines is 3. The van der Waals surface area contributed by atoms with E-state index in [9.17, 15) is 24.6 Å². The number of amides is 3. The number of piperazine rings is 1. The van der Waals surface area contributed by atoms with Gasteiger partial charge in [0.15, 0.2) is 5.82 Å². The number of phenolic OH excluding ortho intramolecular Hbond substituents is 1. The monoisotopic (exact) mass is 940 g/mol. The number of hydrogen-bond donors (Lipinski definition) is 5. The molecule has 5 aromatic rings. The summed E-state index contributed by atoms with van der Waals surface area (Å²) in [6.07, 6.45) is 5.51. The second kappa shape index (κ2) is 20.7. The molecule has 2 aromatic carbocycles. The normalized spacial score (nSPS) is 19.4. The lowest BCUT2D eigenvalue weighted by atomic mass is 9.85. The maximum atomic E-state index is 14.1. The fourth-order valence-corrected chi connectivity index (χ4v) is 10.1. The third-order valence-electron chi connectivity index (χ3n) is 12.9. The second-order valence-electron chi connectivity index (χ2n) is 19.1. The minimum atomic E-state index is -0.898. The average molecular weight is 941 g/mol. The fraction of sp³-hybridized carbons (Fsp3) is 0.440. The second-order valence-corrected chi connectivity index (χ2v) is 19.9. The van der Waals surface area contributed by atoms with E-state index < -0.39 is 29.5 Å². The van der Waals surface area contributed by atoms with Crippen LogP contribution in [-0.4, -0.2) is 133 Å². The number of likely N-dealkylation sites (tertiary alicyclic amines) is 1. The van der Waals surface area contributed by atoms with Crippen LogP contribution in [0.2, 0.25) is 0 Å². The number of benzene rings is 2. The lowest BCUT2D eigenvalue weighted by Crippen LogP contribution is -2.57. The van der Waals surface area contributed by atoms with Gasteiger partial charge in [-0.05, 0) is 74.5 Å². The van der Waals surface area contributed by atoms with Crippen molar-refractivity contribution in [3.05, 3.63) is 89.3 Å². The van der Waals surface area contributed by atoms with Crippen molar-refractivity contribution in [1.82, 2.24) is 45.6 Å². The van der Waals surface area contributed by atoms with Gasteiger partial charge in [0.25, 0.3) is 0 Å². The van der Waals surface area contributed by atoms with Gasteiger partial charge in [0.2, 0.25) is 23.7 Å². The quantitative estimate of drug-likeness (QED) is 0.0977. The molecule has 3 saturated heterocycles. The summed E-state index contributed by atoms with van der Waals surface area (Å²) in [7, 11) is 1.94. The van der Waals surface area contributed by atoms with Crippen LogP contribution in [0.4, 0.5) is 17.5 Å². The smallest absolute Gasteiger partial charge is 0.246 e. The van der Waals surface area contributed by atoms with E-state index in [1.807, 2.05) is 87.6 Å². The predicted octanol–water partition coefficient (Wildman–Crippen LogP) is 4.38. The predicted molar refractivity (Wildman–Crippen MR) is 262 cm³/mol. The number of fused-ring (bicyclic) bond motifs is 2. The maximum absolute atomic E-state index is 14.1. The number of β-amino-alcohol motifs (C(OH)–C–C–N with tert-alkyl or cyclic N) is 1. The number of aryl methyl sites for hydroxylation is 1. The van der Waals surface area contributed by atoms with Crippen LogP contribution in [0.1, 0.15) is 69.7 Å². The van der Waals surface area contributed by atoms with E-state index in [2.05, 4.69) is 47.5 Å². The number of para-hydroxylation sites is 1. The van der Waals surface area contributed by atoms with Gasteiger partial charge in [0.1, 0.15) is 17.8 Å². The molecule has 0 saturated carbocycles. The van der Waals surface area contributed by atoms with Crippen LogP contribution in [-0.2, 0) is 20.9 Å². The molecular weight excluding hydrogens is 881 g/mol. The van der Waals surface area contributed by atoms with E-state index in [0.29, 0.717) is 48.1 Å². The van der Waals surface area contributed by atoms with E-state index in [4.69, 9.17) is 15.7 Å². The molecule has 3 unspecified atom stereocenters. The molecular formula is C50H60N12O5S. The molecule has 68 heavy (non-hydrogen) atoms. The Bertz CT molecular complexity index is 2650. The van der Waals surface area contributed by atoms with Crippen molar-refractivity contribution in [1.29, 1.82) is 0 Å². The first-order chi connectivity index (χ1) is 32.6. The van der Waals surface area contributed by atoms with E-state index >= 15 is 0 Å². The molecule has 17 nitrogen and oxygen atoms in total. The summed E-state index contributed by atoms with van der Waals surface area (Å²) < 4.78 is 0. The average Bonchev–Trinajstić information content (AvgIpc) is 4.01. The van der Waals surface area contributed by atoms with Crippen LogP contribution in [0.15, 0.2) is 72.5 Å². The van der Waals surface area contributed by atoms with Gasteiger partial charge in [-0.25, -0.2) is 15.0 Å². The van der Waals surface area contributed by atoms with Crippen molar-refractivity contribution in [3.63, 3.8) is 0 Å². The van der Waals surface area contributed by atoms with Gasteiger partial charge in [-0.3, -0.25) is 19.3 Å². The number of nitrogens with two attached hydrogens (primary N) is 1. The number of carbonyl (C=O) groups is 3. The zero-order valence-electron chi connectivity index (χ0n) is 39.2. The standard InChI is InChI=1S/C50H60N12O5S/c1-31-44(68-30-55-31)34-16-14-32(15-17-34)24-52-47(66)41-22-37(63)29-61(41)48(67)45(50(2,3)4)56-43(65)13-9-21-59(5)20-8-10-33-25-53-49(54-26-33)62-35-18-19-36(62)28-60(27-35)40-23-39(57-58-46(40)51)38-11-6-7-12-42(38)64/h6-7,11-12,14-17,23,25-26,30,35-37,41,45,63-64H,9,13,18-22,24,27-29H2,1-5H3,(H2,51,58)(H,52,66)(H,56,65)/t35?,36?,37-,41+,45?/m1/s1. The first-order valence-electron chi connectivity index (χ1n) is 23.1. The maximum Gasteiger partial charge on any atom is 0.246 e. The van der Waals surface area contributed by atoms with E-state index in [1.165, 1.54) is 4.90 Å². The topological polar surface area (TPSA) is 219 Å². The molecule has 18 heteroatoms. The molecule has 3 fully saturated rings. The van der Waals surface area contributed by atoms with Gasteiger partial charge in [-0.2, -0.15) is 0 Å². The molecule has 0 spiro atoms. The minimum Gasteiger partial charge on any atom is -0.507 e. The summed E-state index contributed by atoms with van der Waals surface area (Å²) in [5.74, 6) is 6.51. The third-order valence-corrected chi connectivity index (χ3v) is 13.9. The third kappa shape index (κ3) is 11.0. The number of aromatic nitrogens is 5. The molecule has 3 amide bonds. The highest BCUT2D eigenvalue weighted by atomic mass is 32.1. The van der Waals surface area contributed by atoms with Gasteiger partial charge in [-0.15, -0.1) is 21.5 Å². The van der Waals surface area contributed by atoms with Crippen LogP contribution in [0.5, 0.6) is 5.75 Å². The Balaban J connectivity index is 0.786. The van der Waals surface area contributed by atoms with Crippen molar-refractivity contribution >= 4 is 46.5 Å². The highest BCUT2D eigenvalue weighted by Gasteiger charge is 2.45. The number of nitrogens with one attached hydrogen (secondary N) is 2. The molecule has 3 aliphatic rings. The molecule has 356 valence electrons. The summed E-state index contributed by atoms with van der Waals surface area (Å²) in [5.41, 5.74) is 13.1. The number of aliphatic hydroxyl groups is 1. The number of nitrogen functional groups attached to an aromatic ring is 1. The number of thiazole rings is 1. The highest BCUT2D eigenvalue weighted by Crippen LogP contribution is 2.38. The van der Waals surface area contributed by atoms with Crippen molar-refractivity contribution in [3.8, 4) is 39.3 Å². The minimum absolute atomic E-state index is 0.00968. The van der Waals surface area contributed by atoms with E-state index in [-0.39, 0.29) is 55.6 Å². The fourth-order valence-electron chi connectivity index (χ4n) is 9.29. The number of aliphatic hydroxyl groups excluding tert-OH is 1. The molecule has 6 N–H and O–H groups in total. The SMILES string of the molecule is Cc1ncsc1-c1ccc(CNC(=O)[C@@H]2C[C@@H](O)CN2C(=O)C(NC(=O)CCCN(C)CC#Cc2cnc(N3C4CCC3CN(c3cc(-c5ccccc5O)nnc3N)C4)nc2)C(C)(C)C)cc1. The molecule has 5 atom stereocenters. The summed E-state index contributed by atoms with van der Waals surface area (Å²) in [6, 6.07) is 15.5. The molecule has 6 heterocycles. The number of aromatic hydroxyl groups is 1. The molecule has 3 aromatic heterocycles. The van der Waals surface area contributed by atoms with Crippen LogP contribution in [0.3, 0.4) is 0 Å². The van der Waals surface area contributed by atoms with Crippen LogP contribution >= 0.6 is 11.3 Å². The Morgan fingerprint density at radius 2 is 1.72 bits per heavy atom. The number of nitrogens with zero attached hydrogens (tertiary/aromatic N) is 9. The van der Waals surface area contributed by atoms with Crippen LogP contribution in [0.25, 0.3) is 21.7 Å². The van der Waals surface area contributed by atoms with Gasteiger partial charge in [0.05, 0.1) is 45.7 Å². The van der Waals surface area contributed by atoms with Crippen molar-refractivity contribution in [2.45, 2.75) is 96.6 Å². The van der Waals surface area contributed by atoms with Gasteiger partial charge < -0.3 is 41.3 Å².